The number of likely N-dealkylation sites (tertiary alicyclic amines) is 1. The van der Waals surface area contributed by atoms with Gasteiger partial charge in [-0.1, -0.05) is 23.7 Å². The number of piperidine rings is 1. The van der Waals surface area contributed by atoms with Crippen molar-refractivity contribution in [1.29, 1.82) is 0 Å². The third kappa shape index (κ3) is 2.64. The van der Waals surface area contributed by atoms with Crippen LogP contribution in [-0.4, -0.2) is 45.8 Å². The second kappa shape index (κ2) is 5.65. The van der Waals surface area contributed by atoms with Crippen molar-refractivity contribution >= 4 is 23.6 Å². The summed E-state index contributed by atoms with van der Waals surface area (Å²) in [7, 11) is 0. The van der Waals surface area contributed by atoms with Crippen LogP contribution >= 0.6 is 11.6 Å². The van der Waals surface area contributed by atoms with Gasteiger partial charge in [0, 0.05) is 23.6 Å². The molecule has 2 aliphatic rings. The topological polar surface area (TPSA) is 89.9 Å². The number of rotatable bonds is 4. The lowest BCUT2D eigenvalue weighted by molar-refractivity contribution is -0.125. The molecule has 8 heteroatoms. The fourth-order valence-corrected chi connectivity index (χ4v) is 3.54. The predicted molar refractivity (Wildman–Crippen MR) is 79.4 cm³/mol. The van der Waals surface area contributed by atoms with Gasteiger partial charge >= 0.3 is 6.09 Å². The van der Waals surface area contributed by atoms with E-state index in [1.54, 1.807) is 6.07 Å². The quantitative estimate of drug-likeness (QED) is 0.775. The third-order valence-corrected chi connectivity index (χ3v) is 5.03. The highest BCUT2D eigenvalue weighted by Crippen LogP contribution is 2.59. The SMILES string of the molecule is O=C(NCc1cccc(Cl)c1F)[C@@H]1C[C@@]2(CO)C[C@H]2N1C(=O)O. The molecule has 23 heavy (non-hydrogen) atoms. The summed E-state index contributed by atoms with van der Waals surface area (Å²) >= 11 is 5.68. The van der Waals surface area contributed by atoms with Crippen LogP contribution < -0.4 is 5.32 Å². The molecule has 6 nitrogen and oxygen atoms in total. The van der Waals surface area contributed by atoms with E-state index in [1.165, 1.54) is 12.1 Å². The van der Waals surface area contributed by atoms with Gasteiger partial charge in [0.1, 0.15) is 11.9 Å². The summed E-state index contributed by atoms with van der Waals surface area (Å²) in [6.07, 6.45) is -0.329. The number of carbonyl (C=O) groups excluding carboxylic acids is 1. The Morgan fingerprint density at radius 1 is 1.43 bits per heavy atom. The van der Waals surface area contributed by atoms with Gasteiger partial charge < -0.3 is 15.5 Å². The summed E-state index contributed by atoms with van der Waals surface area (Å²) in [4.78, 5) is 24.8. The highest BCUT2D eigenvalue weighted by Gasteiger charge is 2.67. The average Bonchev–Trinajstić information content (AvgIpc) is 3.13. The molecule has 0 spiro atoms. The van der Waals surface area contributed by atoms with Gasteiger partial charge in [-0.15, -0.1) is 0 Å². The van der Waals surface area contributed by atoms with Crippen molar-refractivity contribution < 1.29 is 24.2 Å². The molecule has 124 valence electrons. The first-order valence-electron chi connectivity index (χ1n) is 7.22. The minimum atomic E-state index is -1.18. The Morgan fingerprint density at radius 3 is 2.83 bits per heavy atom. The Kier molecular flexibility index (Phi) is 3.93. The zero-order valence-corrected chi connectivity index (χ0v) is 12.9. The number of nitrogens with one attached hydrogen (secondary N) is 1. The smallest absolute Gasteiger partial charge is 0.408 e. The number of aliphatic hydroxyl groups excluding tert-OH is 1. The molecule has 3 N–H and O–H groups in total. The Balaban J connectivity index is 1.68. The maximum absolute atomic E-state index is 13.8. The van der Waals surface area contributed by atoms with Crippen molar-refractivity contribution in [3.8, 4) is 0 Å². The van der Waals surface area contributed by atoms with Crippen LogP contribution in [0.25, 0.3) is 0 Å². The average molecular weight is 343 g/mol. The second-order valence-electron chi connectivity index (χ2n) is 6.08. The standard InChI is InChI=1S/C15H16ClFN2O4/c16-9-3-1-2-8(12(9)17)6-18-13(21)10-4-15(7-20)5-11(15)19(10)14(22)23/h1-3,10-11,20H,4-7H2,(H,18,21)(H,22,23)/t10-,11+,15-/m0/s1. The van der Waals surface area contributed by atoms with Gasteiger partial charge in [0.25, 0.3) is 0 Å². The van der Waals surface area contributed by atoms with E-state index in [0.29, 0.717) is 6.42 Å². The molecule has 3 rings (SSSR count). The summed E-state index contributed by atoms with van der Waals surface area (Å²) in [6, 6.07) is 3.30. The van der Waals surface area contributed by atoms with Gasteiger partial charge in [-0.3, -0.25) is 9.69 Å². The van der Waals surface area contributed by atoms with Gasteiger partial charge in [-0.2, -0.15) is 0 Å². The molecule has 0 unspecified atom stereocenters. The van der Waals surface area contributed by atoms with E-state index in [-0.39, 0.29) is 36.2 Å². The molecule has 0 radical (unpaired) electrons. The molecule has 1 saturated heterocycles. The largest absolute Gasteiger partial charge is 0.465 e. The van der Waals surface area contributed by atoms with Crippen LogP contribution in [0.4, 0.5) is 9.18 Å². The van der Waals surface area contributed by atoms with Crippen LogP contribution in [0.1, 0.15) is 18.4 Å². The van der Waals surface area contributed by atoms with Crippen molar-refractivity contribution in [1.82, 2.24) is 10.2 Å². The molecule has 1 heterocycles. The molecule has 0 aromatic heterocycles. The molecule has 3 atom stereocenters. The lowest BCUT2D eigenvalue weighted by Crippen LogP contribution is -2.47. The molecule has 1 saturated carbocycles. The maximum atomic E-state index is 13.8. The number of hydrogen-bond donors (Lipinski definition) is 3. The Morgan fingerprint density at radius 2 is 2.17 bits per heavy atom. The molecule has 1 aromatic carbocycles. The lowest BCUT2D eigenvalue weighted by atomic mass is 10.0. The molecule has 1 aromatic rings. The summed E-state index contributed by atoms with van der Waals surface area (Å²) < 4.78 is 13.8. The normalized spacial score (nSPS) is 28.4. The Hall–Kier alpha value is -1.86. The number of benzene rings is 1. The van der Waals surface area contributed by atoms with Crippen LogP contribution in [0.5, 0.6) is 0 Å². The van der Waals surface area contributed by atoms with Crippen LogP contribution in [0.2, 0.25) is 5.02 Å². The van der Waals surface area contributed by atoms with Gasteiger partial charge in [0.15, 0.2) is 0 Å². The first-order chi connectivity index (χ1) is 10.9. The van der Waals surface area contributed by atoms with Gasteiger partial charge in [-0.05, 0) is 18.9 Å². The van der Waals surface area contributed by atoms with Gasteiger partial charge in [0.2, 0.25) is 5.91 Å². The van der Waals surface area contributed by atoms with Gasteiger partial charge in [0.05, 0.1) is 11.6 Å². The minimum absolute atomic E-state index is 0.0368. The number of amides is 2. The number of aliphatic hydroxyl groups is 1. The lowest BCUT2D eigenvalue weighted by Gasteiger charge is -2.23. The fourth-order valence-electron chi connectivity index (χ4n) is 3.34. The predicted octanol–water partition coefficient (Wildman–Crippen LogP) is 1.60. The number of halogens is 2. The number of carbonyl (C=O) groups is 2. The van der Waals surface area contributed by atoms with Crippen molar-refractivity contribution in [2.24, 2.45) is 5.41 Å². The molecular formula is C15H16ClFN2O4. The van der Waals surface area contributed by atoms with Gasteiger partial charge in [-0.25, -0.2) is 9.18 Å². The summed E-state index contributed by atoms with van der Waals surface area (Å²) in [5.41, 5.74) is -0.269. The van der Waals surface area contributed by atoms with Crippen LogP contribution in [0, 0.1) is 11.2 Å². The number of nitrogens with zero attached hydrogens (tertiary/aromatic N) is 1. The van der Waals surface area contributed by atoms with E-state index < -0.39 is 29.3 Å². The molecular weight excluding hydrogens is 327 g/mol. The molecule has 0 bridgehead atoms. The van der Waals surface area contributed by atoms with Crippen LogP contribution in [-0.2, 0) is 11.3 Å². The van der Waals surface area contributed by atoms with E-state index >= 15 is 0 Å². The number of carboxylic acid groups (broad SMARTS) is 1. The van der Waals surface area contributed by atoms with Crippen LogP contribution in [0.3, 0.4) is 0 Å². The molecule has 2 fully saturated rings. The minimum Gasteiger partial charge on any atom is -0.465 e. The van der Waals surface area contributed by atoms with E-state index in [9.17, 15) is 24.2 Å². The summed E-state index contributed by atoms with van der Waals surface area (Å²) in [5.74, 6) is -1.10. The highest BCUT2D eigenvalue weighted by molar-refractivity contribution is 6.30. The Labute approximate surface area is 136 Å². The first kappa shape index (κ1) is 16.0. The van der Waals surface area contributed by atoms with Crippen molar-refractivity contribution in [2.75, 3.05) is 6.61 Å². The summed E-state index contributed by atoms with van der Waals surface area (Å²) in [5, 5.41) is 21.2. The first-order valence-corrected chi connectivity index (χ1v) is 7.60. The number of fused-ring (bicyclic) bond motifs is 1. The van der Waals surface area contributed by atoms with E-state index in [1.807, 2.05) is 0 Å². The monoisotopic (exact) mass is 342 g/mol. The van der Waals surface area contributed by atoms with E-state index in [2.05, 4.69) is 5.32 Å². The molecule has 2 amide bonds. The van der Waals surface area contributed by atoms with Crippen molar-refractivity contribution in [3.63, 3.8) is 0 Å². The third-order valence-electron chi connectivity index (χ3n) is 4.74. The summed E-state index contributed by atoms with van der Waals surface area (Å²) in [6.45, 7) is -0.222. The van der Waals surface area contributed by atoms with E-state index in [0.717, 1.165) is 4.90 Å². The fraction of sp³-hybridized carbons (Fsp3) is 0.467. The van der Waals surface area contributed by atoms with Crippen molar-refractivity contribution in [2.45, 2.75) is 31.5 Å². The number of hydrogen-bond acceptors (Lipinski definition) is 3. The zero-order chi connectivity index (χ0) is 16.8. The highest BCUT2D eigenvalue weighted by atomic mass is 35.5. The van der Waals surface area contributed by atoms with Crippen molar-refractivity contribution in [3.05, 3.63) is 34.6 Å². The van der Waals surface area contributed by atoms with Crippen LogP contribution in [0.15, 0.2) is 18.2 Å². The maximum Gasteiger partial charge on any atom is 0.408 e. The molecule has 1 aliphatic heterocycles. The second-order valence-corrected chi connectivity index (χ2v) is 6.49. The molecule has 1 aliphatic carbocycles. The van der Waals surface area contributed by atoms with E-state index in [4.69, 9.17) is 11.6 Å². The zero-order valence-electron chi connectivity index (χ0n) is 12.1. The Bertz CT molecular complexity index is 671.